The number of fused-ring (bicyclic) bond motifs is 3. The van der Waals surface area contributed by atoms with Gasteiger partial charge in [0, 0.05) is 18.1 Å². The molecule has 3 fully saturated rings. The Morgan fingerprint density at radius 1 is 1.11 bits per heavy atom. The number of piperidine rings is 1. The van der Waals surface area contributed by atoms with Crippen molar-refractivity contribution in [3.63, 3.8) is 0 Å². The number of hydrogen-bond donors (Lipinski definition) is 1. The van der Waals surface area contributed by atoms with Crippen LogP contribution in [0, 0.1) is 11.8 Å². The third-order valence-electron chi connectivity index (χ3n) is 9.34. The first-order chi connectivity index (χ1) is 17.2. The van der Waals surface area contributed by atoms with Gasteiger partial charge in [0.05, 0.1) is 23.7 Å². The van der Waals surface area contributed by atoms with Crippen molar-refractivity contribution in [2.45, 2.75) is 115 Å². The molecule has 1 N–H and O–H groups in total. The maximum atomic E-state index is 14.3. The molecule has 198 valence electrons. The van der Waals surface area contributed by atoms with Crippen LogP contribution in [0.2, 0.25) is 0 Å². The van der Waals surface area contributed by atoms with Crippen molar-refractivity contribution < 1.29 is 27.8 Å². The summed E-state index contributed by atoms with van der Waals surface area (Å²) in [6.45, 7) is 4.27. The number of rotatable bonds is 6. The molecule has 2 heterocycles. The maximum Gasteiger partial charge on any atom is 0.415 e. The molecule has 2 bridgehead atoms. The summed E-state index contributed by atoms with van der Waals surface area (Å²) in [5.74, 6) is -0.339. The quantitative estimate of drug-likeness (QED) is 0.568. The van der Waals surface area contributed by atoms with Gasteiger partial charge in [0.25, 0.3) is 0 Å². The summed E-state index contributed by atoms with van der Waals surface area (Å²) in [5, 5.41) is 10.4. The van der Waals surface area contributed by atoms with Crippen molar-refractivity contribution in [2.75, 3.05) is 0 Å². The predicted octanol–water partition coefficient (Wildman–Crippen LogP) is 5.33. The average Bonchev–Trinajstić information content (AvgIpc) is 3.11. The first kappa shape index (κ1) is 25.8. The second-order valence-corrected chi connectivity index (χ2v) is 11.4. The SMILES string of the molecule is CCC1CCC(OC2CC=c3cc([C@@H](C)N4C5CCC4CC(C(=O)O)C5)ccc3=C2C(F)(F)F)CC1. The highest BCUT2D eigenvalue weighted by molar-refractivity contribution is 5.70. The number of halogens is 3. The number of benzene rings is 1. The van der Waals surface area contributed by atoms with Gasteiger partial charge in [-0.05, 0) is 92.7 Å². The lowest BCUT2D eigenvalue weighted by molar-refractivity contribution is -0.144. The lowest BCUT2D eigenvalue weighted by Crippen LogP contribution is -2.46. The summed E-state index contributed by atoms with van der Waals surface area (Å²) in [6.07, 6.45) is 4.79. The van der Waals surface area contributed by atoms with Crippen LogP contribution in [0.1, 0.15) is 89.7 Å². The summed E-state index contributed by atoms with van der Waals surface area (Å²) >= 11 is 0. The molecule has 0 aromatic heterocycles. The summed E-state index contributed by atoms with van der Waals surface area (Å²) in [4.78, 5) is 14.0. The number of hydrogen-bond acceptors (Lipinski definition) is 3. The Balaban J connectivity index is 1.39. The number of aliphatic carboxylic acids is 1. The van der Waals surface area contributed by atoms with E-state index in [4.69, 9.17) is 4.74 Å². The highest BCUT2D eigenvalue weighted by Gasteiger charge is 2.45. The fourth-order valence-corrected chi connectivity index (χ4v) is 7.37. The summed E-state index contributed by atoms with van der Waals surface area (Å²) < 4.78 is 49.1. The van der Waals surface area contributed by atoms with Crippen LogP contribution in [-0.4, -0.2) is 46.4 Å². The molecular formula is C29H38F3NO3. The lowest BCUT2D eigenvalue weighted by atomic mass is 9.85. The topological polar surface area (TPSA) is 49.8 Å². The Kier molecular flexibility index (Phi) is 7.25. The number of carboxylic acids is 1. The molecule has 4 nitrogen and oxygen atoms in total. The van der Waals surface area contributed by atoms with Crippen LogP contribution in [-0.2, 0) is 9.53 Å². The van der Waals surface area contributed by atoms with Gasteiger partial charge < -0.3 is 9.84 Å². The number of ether oxygens (including phenoxy) is 1. The van der Waals surface area contributed by atoms with E-state index < -0.39 is 23.8 Å². The molecule has 1 saturated carbocycles. The summed E-state index contributed by atoms with van der Waals surface area (Å²) in [7, 11) is 0. The van der Waals surface area contributed by atoms with E-state index in [-0.39, 0.29) is 41.8 Å². The normalized spacial score (nSPS) is 33.6. The Hall–Kier alpha value is -1.86. The number of nitrogens with zero attached hydrogens (tertiary/aromatic N) is 1. The molecule has 1 aromatic carbocycles. The van der Waals surface area contributed by atoms with Crippen LogP contribution >= 0.6 is 0 Å². The second-order valence-electron chi connectivity index (χ2n) is 11.4. The minimum absolute atomic E-state index is 0.0352. The Morgan fingerprint density at radius 2 is 1.78 bits per heavy atom. The van der Waals surface area contributed by atoms with Crippen LogP contribution in [0.5, 0.6) is 0 Å². The zero-order valence-corrected chi connectivity index (χ0v) is 21.3. The van der Waals surface area contributed by atoms with E-state index >= 15 is 0 Å². The molecule has 0 spiro atoms. The van der Waals surface area contributed by atoms with E-state index in [1.807, 2.05) is 18.2 Å². The molecular weight excluding hydrogens is 467 g/mol. The standard InChI is InChI=1S/C29H38F3NO3/c1-3-18-4-10-24(11-5-18)36-26-13-7-20-14-19(6-12-25(20)27(26)29(30,31)32)17(2)33-22-8-9-23(33)16-21(15-22)28(34)35/h6-7,12,14,17-18,21-24,26H,3-5,8-11,13,15-16H2,1-2H3,(H,34,35)/t17-,18?,21?,22?,23?,24?,26?/m1/s1. The van der Waals surface area contributed by atoms with Crippen LogP contribution in [0.3, 0.4) is 0 Å². The highest BCUT2D eigenvalue weighted by Crippen LogP contribution is 2.43. The van der Waals surface area contributed by atoms with Crippen molar-refractivity contribution in [1.82, 2.24) is 4.90 Å². The minimum atomic E-state index is -4.45. The molecule has 7 heteroatoms. The highest BCUT2D eigenvalue weighted by atomic mass is 19.4. The van der Waals surface area contributed by atoms with Gasteiger partial charge in [0.2, 0.25) is 0 Å². The van der Waals surface area contributed by atoms with Gasteiger partial charge >= 0.3 is 12.1 Å². The van der Waals surface area contributed by atoms with E-state index in [0.717, 1.165) is 50.5 Å². The fraction of sp³-hybridized carbons (Fsp3) is 0.690. The minimum Gasteiger partial charge on any atom is -0.481 e. The zero-order valence-electron chi connectivity index (χ0n) is 21.3. The Labute approximate surface area is 211 Å². The number of carbonyl (C=O) groups is 1. The van der Waals surface area contributed by atoms with E-state index in [1.165, 1.54) is 0 Å². The van der Waals surface area contributed by atoms with Gasteiger partial charge in [0.15, 0.2) is 0 Å². The van der Waals surface area contributed by atoms with E-state index in [1.54, 1.807) is 6.07 Å². The Bertz CT molecular complexity index is 1080. The van der Waals surface area contributed by atoms with Crippen LogP contribution in [0.4, 0.5) is 13.2 Å². The third-order valence-corrected chi connectivity index (χ3v) is 9.34. The second kappa shape index (κ2) is 10.1. The fourth-order valence-electron chi connectivity index (χ4n) is 7.37. The number of carboxylic acid groups (broad SMARTS) is 1. The molecule has 2 saturated heterocycles. The third kappa shape index (κ3) is 4.98. The maximum absolute atomic E-state index is 14.3. The zero-order chi connectivity index (χ0) is 25.6. The van der Waals surface area contributed by atoms with Gasteiger partial charge in [-0.1, -0.05) is 31.6 Å². The number of alkyl halides is 3. The molecule has 0 radical (unpaired) electrons. The lowest BCUT2D eigenvalue weighted by Gasteiger charge is -2.41. The van der Waals surface area contributed by atoms with Gasteiger partial charge in [-0.2, -0.15) is 13.2 Å². The smallest absolute Gasteiger partial charge is 0.415 e. The predicted molar refractivity (Wildman–Crippen MR) is 133 cm³/mol. The summed E-state index contributed by atoms with van der Waals surface area (Å²) in [6, 6.07) is 5.86. The van der Waals surface area contributed by atoms with Gasteiger partial charge in [-0.15, -0.1) is 0 Å². The Morgan fingerprint density at radius 3 is 2.36 bits per heavy atom. The molecule has 2 aliphatic carbocycles. The largest absolute Gasteiger partial charge is 0.481 e. The molecule has 3 unspecified atom stereocenters. The van der Waals surface area contributed by atoms with Crippen molar-refractivity contribution in [1.29, 1.82) is 0 Å². The average molecular weight is 506 g/mol. The van der Waals surface area contributed by atoms with Crippen LogP contribution in [0.25, 0.3) is 11.6 Å². The van der Waals surface area contributed by atoms with E-state index in [2.05, 4.69) is 18.7 Å². The van der Waals surface area contributed by atoms with Gasteiger partial charge in [0.1, 0.15) is 0 Å². The monoisotopic (exact) mass is 505 g/mol. The van der Waals surface area contributed by atoms with Gasteiger partial charge in [-0.25, -0.2) is 0 Å². The molecule has 4 aliphatic rings. The van der Waals surface area contributed by atoms with Crippen molar-refractivity contribution in [3.05, 3.63) is 34.2 Å². The van der Waals surface area contributed by atoms with Gasteiger partial charge in [-0.3, -0.25) is 9.69 Å². The van der Waals surface area contributed by atoms with Crippen molar-refractivity contribution in [3.8, 4) is 0 Å². The molecule has 36 heavy (non-hydrogen) atoms. The first-order valence-corrected chi connectivity index (χ1v) is 13.7. The summed E-state index contributed by atoms with van der Waals surface area (Å²) in [5.41, 5.74) is 0.452. The van der Waals surface area contributed by atoms with Crippen molar-refractivity contribution >= 4 is 17.6 Å². The first-order valence-electron chi connectivity index (χ1n) is 13.7. The molecule has 4 atom stereocenters. The molecule has 0 amide bonds. The van der Waals surface area contributed by atoms with Crippen LogP contribution < -0.4 is 10.4 Å². The molecule has 1 aromatic rings. The molecule has 2 aliphatic heterocycles. The van der Waals surface area contributed by atoms with E-state index in [9.17, 15) is 23.1 Å². The van der Waals surface area contributed by atoms with E-state index in [0.29, 0.717) is 24.0 Å². The van der Waals surface area contributed by atoms with Crippen LogP contribution in [0.15, 0.2) is 18.2 Å². The molecule has 5 rings (SSSR count). The van der Waals surface area contributed by atoms with Crippen molar-refractivity contribution in [2.24, 2.45) is 11.8 Å².